The van der Waals surface area contributed by atoms with Gasteiger partial charge in [-0.25, -0.2) is 0 Å². The topological polar surface area (TPSA) is 0 Å². The summed E-state index contributed by atoms with van der Waals surface area (Å²) in [5.74, 6) is 1.27. The van der Waals surface area contributed by atoms with E-state index in [0.717, 1.165) is 0 Å². The van der Waals surface area contributed by atoms with E-state index in [1.165, 1.54) is 48.3 Å². The first-order chi connectivity index (χ1) is 7.33. The lowest BCUT2D eigenvalue weighted by molar-refractivity contribution is 0.659. The number of rotatable bonds is 7. The monoisotopic (exact) mass is 222 g/mol. The molecule has 0 nitrogen and oxygen atoms in total. The molecule has 0 aliphatic rings. The van der Waals surface area contributed by atoms with E-state index in [2.05, 4.69) is 38.1 Å². The molecule has 0 saturated carbocycles. The number of benzene rings is 1. The Kier molecular flexibility index (Phi) is 6.58. The Morgan fingerprint density at radius 1 is 1.07 bits per heavy atom. The predicted octanol–water partition coefficient (Wildman–Crippen LogP) is 5.06. The lowest BCUT2D eigenvalue weighted by Gasteiger charge is -2.02. The normalized spacial score (nSPS) is 10.5. The second kappa shape index (κ2) is 7.81. The first kappa shape index (κ1) is 12.6. The van der Waals surface area contributed by atoms with E-state index in [-0.39, 0.29) is 0 Å². The second-order valence-corrected chi connectivity index (χ2v) is 5.25. The predicted molar refractivity (Wildman–Crippen MR) is 70.7 cm³/mol. The molecular weight excluding hydrogens is 200 g/mol. The minimum atomic E-state index is 1.27. The van der Waals surface area contributed by atoms with Crippen LogP contribution in [0, 0.1) is 6.92 Å². The number of unbranched alkanes of at least 4 members (excludes halogenated alkanes) is 4. The van der Waals surface area contributed by atoms with Gasteiger partial charge in [0.2, 0.25) is 0 Å². The molecule has 0 amide bonds. The summed E-state index contributed by atoms with van der Waals surface area (Å²) in [6.45, 7) is 4.42. The average Bonchev–Trinajstić information content (AvgIpc) is 2.23. The average molecular weight is 222 g/mol. The van der Waals surface area contributed by atoms with Crippen molar-refractivity contribution in [2.45, 2.75) is 50.8 Å². The van der Waals surface area contributed by atoms with Crippen molar-refractivity contribution in [3.05, 3.63) is 29.8 Å². The summed E-state index contributed by atoms with van der Waals surface area (Å²) in [7, 11) is 0. The fraction of sp³-hybridized carbons (Fsp3) is 0.571. The third-order valence-electron chi connectivity index (χ3n) is 2.51. The highest BCUT2D eigenvalue weighted by Gasteiger charge is 1.94. The van der Waals surface area contributed by atoms with E-state index in [0.29, 0.717) is 0 Å². The van der Waals surface area contributed by atoms with E-state index in [1.807, 2.05) is 11.8 Å². The van der Waals surface area contributed by atoms with Gasteiger partial charge in [-0.15, -0.1) is 11.8 Å². The van der Waals surface area contributed by atoms with Crippen LogP contribution in [0.1, 0.15) is 44.6 Å². The van der Waals surface area contributed by atoms with Gasteiger partial charge in [-0.1, -0.05) is 50.3 Å². The van der Waals surface area contributed by atoms with Crippen molar-refractivity contribution in [2.24, 2.45) is 0 Å². The molecule has 1 aromatic carbocycles. The van der Waals surface area contributed by atoms with Crippen LogP contribution in [0.2, 0.25) is 0 Å². The molecule has 0 radical (unpaired) electrons. The zero-order valence-corrected chi connectivity index (χ0v) is 10.8. The highest BCUT2D eigenvalue weighted by Crippen LogP contribution is 2.20. The molecule has 0 bridgehead atoms. The summed E-state index contributed by atoms with van der Waals surface area (Å²) in [5, 5.41) is 0. The van der Waals surface area contributed by atoms with Crippen molar-refractivity contribution in [1.29, 1.82) is 0 Å². The van der Waals surface area contributed by atoms with Crippen molar-refractivity contribution < 1.29 is 0 Å². The largest absolute Gasteiger partial charge is 0.126 e. The van der Waals surface area contributed by atoms with Crippen molar-refractivity contribution in [2.75, 3.05) is 5.75 Å². The number of aryl methyl sites for hydroxylation is 1. The van der Waals surface area contributed by atoms with Crippen LogP contribution < -0.4 is 0 Å². The molecule has 15 heavy (non-hydrogen) atoms. The zero-order valence-electron chi connectivity index (χ0n) is 9.96. The summed E-state index contributed by atoms with van der Waals surface area (Å²) in [6, 6.07) is 8.79. The lowest BCUT2D eigenvalue weighted by Crippen LogP contribution is -1.82. The molecule has 0 spiro atoms. The zero-order chi connectivity index (χ0) is 10.9. The van der Waals surface area contributed by atoms with Crippen molar-refractivity contribution in [3.63, 3.8) is 0 Å². The van der Waals surface area contributed by atoms with E-state index in [4.69, 9.17) is 0 Å². The first-order valence-electron chi connectivity index (χ1n) is 6.02. The van der Waals surface area contributed by atoms with Gasteiger partial charge in [0.15, 0.2) is 0 Å². The maximum atomic E-state index is 2.27. The maximum absolute atomic E-state index is 2.27. The Labute approximate surface area is 98.5 Å². The summed E-state index contributed by atoms with van der Waals surface area (Å²) < 4.78 is 0. The highest BCUT2D eigenvalue weighted by atomic mass is 32.2. The third kappa shape index (κ3) is 5.88. The SMILES string of the molecule is CCCCCCCSc1cccc(C)c1. The highest BCUT2D eigenvalue weighted by molar-refractivity contribution is 7.99. The number of hydrogen-bond donors (Lipinski definition) is 0. The van der Waals surface area contributed by atoms with Crippen LogP contribution in [-0.2, 0) is 0 Å². The van der Waals surface area contributed by atoms with Gasteiger partial charge in [0, 0.05) is 4.90 Å². The Hall–Kier alpha value is -0.430. The molecule has 0 heterocycles. The van der Waals surface area contributed by atoms with Crippen LogP contribution in [0.3, 0.4) is 0 Å². The smallest absolute Gasteiger partial charge is 0.00745 e. The van der Waals surface area contributed by atoms with Gasteiger partial charge in [-0.3, -0.25) is 0 Å². The molecule has 1 rings (SSSR count). The molecule has 1 heteroatoms. The van der Waals surface area contributed by atoms with Gasteiger partial charge < -0.3 is 0 Å². The van der Waals surface area contributed by atoms with Gasteiger partial charge in [0.1, 0.15) is 0 Å². The summed E-state index contributed by atoms with van der Waals surface area (Å²) in [4.78, 5) is 1.42. The molecule has 0 fully saturated rings. The van der Waals surface area contributed by atoms with Crippen LogP contribution >= 0.6 is 11.8 Å². The molecule has 0 N–H and O–H groups in total. The Morgan fingerprint density at radius 2 is 1.87 bits per heavy atom. The molecule has 0 saturated heterocycles. The van der Waals surface area contributed by atoms with E-state index >= 15 is 0 Å². The fourth-order valence-electron chi connectivity index (χ4n) is 1.60. The minimum Gasteiger partial charge on any atom is -0.126 e. The third-order valence-corrected chi connectivity index (χ3v) is 3.59. The Bertz CT molecular complexity index is 268. The quantitative estimate of drug-likeness (QED) is 0.459. The van der Waals surface area contributed by atoms with Crippen molar-refractivity contribution in [3.8, 4) is 0 Å². The molecule has 0 unspecified atom stereocenters. The molecule has 0 aliphatic heterocycles. The summed E-state index contributed by atoms with van der Waals surface area (Å²) in [5.41, 5.74) is 1.37. The summed E-state index contributed by atoms with van der Waals surface area (Å²) >= 11 is 1.99. The van der Waals surface area contributed by atoms with E-state index in [9.17, 15) is 0 Å². The molecule has 84 valence electrons. The van der Waals surface area contributed by atoms with Crippen molar-refractivity contribution >= 4 is 11.8 Å². The number of hydrogen-bond acceptors (Lipinski definition) is 1. The first-order valence-corrected chi connectivity index (χ1v) is 7.01. The molecule has 0 aromatic heterocycles. The molecular formula is C14H22S. The van der Waals surface area contributed by atoms with Crippen LogP contribution in [0.15, 0.2) is 29.2 Å². The fourth-order valence-corrected chi connectivity index (χ4v) is 2.63. The Balaban J connectivity index is 2.10. The maximum Gasteiger partial charge on any atom is 0.00745 e. The standard InChI is InChI=1S/C14H22S/c1-3-4-5-6-7-11-15-14-10-8-9-13(2)12-14/h8-10,12H,3-7,11H2,1-2H3. The van der Waals surface area contributed by atoms with Crippen LogP contribution in [0.25, 0.3) is 0 Å². The van der Waals surface area contributed by atoms with Gasteiger partial charge >= 0.3 is 0 Å². The van der Waals surface area contributed by atoms with E-state index in [1.54, 1.807) is 0 Å². The molecule has 0 aliphatic carbocycles. The van der Waals surface area contributed by atoms with E-state index < -0.39 is 0 Å². The van der Waals surface area contributed by atoms with Gasteiger partial charge in [0.25, 0.3) is 0 Å². The summed E-state index contributed by atoms with van der Waals surface area (Å²) in [6.07, 6.45) is 6.90. The molecule has 0 atom stereocenters. The van der Waals surface area contributed by atoms with Gasteiger partial charge in [-0.05, 0) is 31.2 Å². The Morgan fingerprint density at radius 3 is 2.60 bits per heavy atom. The number of thioether (sulfide) groups is 1. The lowest BCUT2D eigenvalue weighted by atomic mass is 10.2. The second-order valence-electron chi connectivity index (χ2n) is 4.08. The van der Waals surface area contributed by atoms with Crippen molar-refractivity contribution in [1.82, 2.24) is 0 Å². The minimum absolute atomic E-state index is 1.27. The molecule has 1 aromatic rings. The van der Waals surface area contributed by atoms with Crippen LogP contribution in [0.4, 0.5) is 0 Å². The van der Waals surface area contributed by atoms with Crippen LogP contribution in [-0.4, -0.2) is 5.75 Å². The van der Waals surface area contributed by atoms with Crippen LogP contribution in [0.5, 0.6) is 0 Å². The van der Waals surface area contributed by atoms with Gasteiger partial charge in [0.05, 0.1) is 0 Å². The van der Waals surface area contributed by atoms with Gasteiger partial charge in [-0.2, -0.15) is 0 Å².